The van der Waals surface area contributed by atoms with Crippen molar-refractivity contribution >= 4 is 11.8 Å². The normalized spacial score (nSPS) is 24.9. The Morgan fingerprint density at radius 2 is 1.95 bits per heavy atom. The van der Waals surface area contributed by atoms with Gasteiger partial charge in [-0.25, -0.2) is 0 Å². The highest BCUT2D eigenvalue weighted by atomic mass is 16.5. The van der Waals surface area contributed by atoms with Gasteiger partial charge in [0.2, 0.25) is 11.8 Å². The number of ether oxygens (including phenoxy) is 1. The molecule has 1 N–H and O–H groups in total. The van der Waals surface area contributed by atoms with E-state index in [4.69, 9.17) is 4.74 Å². The van der Waals surface area contributed by atoms with Crippen LogP contribution in [0.25, 0.3) is 0 Å². The first-order chi connectivity index (χ1) is 8.76. The smallest absolute Gasteiger partial charge is 0.246 e. The van der Waals surface area contributed by atoms with Crippen molar-refractivity contribution < 1.29 is 14.3 Å². The lowest BCUT2D eigenvalue weighted by molar-refractivity contribution is -0.159. The zero-order valence-corrected chi connectivity index (χ0v) is 12.8. The second kappa shape index (κ2) is 5.90. The van der Waals surface area contributed by atoms with E-state index in [2.05, 4.69) is 5.32 Å². The summed E-state index contributed by atoms with van der Waals surface area (Å²) in [4.78, 5) is 26.6. The largest absolute Gasteiger partial charge is 0.382 e. The van der Waals surface area contributed by atoms with Crippen molar-refractivity contribution in [3.05, 3.63) is 0 Å². The molecule has 2 unspecified atom stereocenters. The molecule has 0 radical (unpaired) electrons. The van der Waals surface area contributed by atoms with Crippen molar-refractivity contribution in [1.29, 1.82) is 0 Å². The summed E-state index contributed by atoms with van der Waals surface area (Å²) in [5, 5.41) is 2.84. The van der Waals surface area contributed by atoms with Crippen LogP contribution in [0.2, 0.25) is 0 Å². The topological polar surface area (TPSA) is 58.6 Å². The molecule has 1 aliphatic heterocycles. The predicted octanol–water partition coefficient (Wildman–Crippen LogP) is 1.17. The second-order valence-electron chi connectivity index (χ2n) is 6.11. The lowest BCUT2D eigenvalue weighted by Crippen LogP contribution is -2.70. The van der Waals surface area contributed by atoms with Crippen LogP contribution in [0.4, 0.5) is 0 Å². The predicted molar refractivity (Wildman–Crippen MR) is 73.6 cm³/mol. The van der Waals surface area contributed by atoms with Gasteiger partial charge >= 0.3 is 0 Å². The SMILES string of the molecule is CCC1C(=O)NC(C(C)C)C(=O)N1C(C)(C)COC. The van der Waals surface area contributed by atoms with Crippen LogP contribution in [0.5, 0.6) is 0 Å². The van der Waals surface area contributed by atoms with Gasteiger partial charge in [0.05, 0.1) is 12.1 Å². The molecule has 0 saturated carbocycles. The number of methoxy groups -OCH3 is 1. The number of carbonyl (C=O) groups is 2. The van der Waals surface area contributed by atoms with E-state index in [0.717, 1.165) is 0 Å². The Labute approximate surface area is 115 Å². The van der Waals surface area contributed by atoms with E-state index < -0.39 is 17.6 Å². The van der Waals surface area contributed by atoms with Crippen LogP contribution in [0, 0.1) is 5.92 Å². The fraction of sp³-hybridized carbons (Fsp3) is 0.857. The summed E-state index contributed by atoms with van der Waals surface area (Å²) in [7, 11) is 1.61. The van der Waals surface area contributed by atoms with E-state index in [9.17, 15) is 9.59 Å². The summed E-state index contributed by atoms with van der Waals surface area (Å²) >= 11 is 0. The quantitative estimate of drug-likeness (QED) is 0.816. The molecular formula is C14H26N2O3. The number of nitrogens with one attached hydrogen (secondary N) is 1. The third-order valence-corrected chi connectivity index (χ3v) is 3.62. The molecule has 1 saturated heterocycles. The third kappa shape index (κ3) is 3.08. The van der Waals surface area contributed by atoms with Gasteiger partial charge in [0, 0.05) is 7.11 Å². The first-order valence-electron chi connectivity index (χ1n) is 6.88. The Bertz CT molecular complexity index is 353. The van der Waals surface area contributed by atoms with Crippen LogP contribution < -0.4 is 5.32 Å². The molecule has 5 nitrogen and oxygen atoms in total. The molecule has 0 bridgehead atoms. The zero-order valence-electron chi connectivity index (χ0n) is 12.8. The zero-order chi connectivity index (χ0) is 14.8. The molecule has 1 aliphatic rings. The van der Waals surface area contributed by atoms with E-state index >= 15 is 0 Å². The standard InChI is InChI=1S/C14H26N2O3/c1-7-10-12(17)15-11(9(2)3)13(18)16(10)14(4,5)8-19-6/h9-11H,7-8H2,1-6H3,(H,15,17). The van der Waals surface area contributed by atoms with Crippen molar-refractivity contribution in [2.75, 3.05) is 13.7 Å². The van der Waals surface area contributed by atoms with Gasteiger partial charge in [-0.3, -0.25) is 9.59 Å². The van der Waals surface area contributed by atoms with Crippen molar-refractivity contribution in [1.82, 2.24) is 10.2 Å². The van der Waals surface area contributed by atoms with Crippen molar-refractivity contribution in [2.24, 2.45) is 5.92 Å². The molecule has 5 heteroatoms. The van der Waals surface area contributed by atoms with Gasteiger partial charge in [0.25, 0.3) is 0 Å². The van der Waals surface area contributed by atoms with Crippen molar-refractivity contribution in [3.8, 4) is 0 Å². The molecule has 2 amide bonds. The summed E-state index contributed by atoms with van der Waals surface area (Å²) in [5.74, 6) is 0.00331. The summed E-state index contributed by atoms with van der Waals surface area (Å²) in [6.45, 7) is 10.1. The van der Waals surface area contributed by atoms with E-state index in [1.54, 1.807) is 12.0 Å². The fourth-order valence-corrected chi connectivity index (χ4v) is 2.69. The number of nitrogens with zero attached hydrogens (tertiary/aromatic N) is 1. The first kappa shape index (κ1) is 16.0. The Morgan fingerprint density at radius 3 is 2.37 bits per heavy atom. The van der Waals surface area contributed by atoms with Gasteiger partial charge in [-0.2, -0.15) is 0 Å². The maximum atomic E-state index is 12.7. The van der Waals surface area contributed by atoms with Gasteiger partial charge in [-0.05, 0) is 26.2 Å². The number of rotatable bonds is 5. The van der Waals surface area contributed by atoms with Crippen LogP contribution in [0.1, 0.15) is 41.0 Å². The van der Waals surface area contributed by atoms with E-state index in [1.807, 2.05) is 34.6 Å². The molecule has 1 heterocycles. The second-order valence-corrected chi connectivity index (χ2v) is 6.11. The van der Waals surface area contributed by atoms with Gasteiger partial charge in [0.15, 0.2) is 0 Å². The monoisotopic (exact) mass is 270 g/mol. The highest BCUT2D eigenvalue weighted by Crippen LogP contribution is 2.26. The number of piperazine rings is 1. The summed E-state index contributed by atoms with van der Waals surface area (Å²) in [6.07, 6.45) is 0.607. The molecule has 0 aromatic rings. The number of carbonyl (C=O) groups excluding carboxylic acids is 2. The first-order valence-corrected chi connectivity index (χ1v) is 6.88. The van der Waals surface area contributed by atoms with Gasteiger partial charge in [-0.1, -0.05) is 20.8 Å². The maximum absolute atomic E-state index is 12.7. The maximum Gasteiger partial charge on any atom is 0.246 e. The Morgan fingerprint density at radius 1 is 1.37 bits per heavy atom. The molecule has 1 fully saturated rings. The molecule has 2 atom stereocenters. The lowest BCUT2D eigenvalue weighted by Gasteiger charge is -2.48. The van der Waals surface area contributed by atoms with Crippen LogP contribution in [-0.2, 0) is 14.3 Å². The number of amides is 2. The minimum Gasteiger partial charge on any atom is -0.382 e. The average Bonchev–Trinajstić information content (AvgIpc) is 2.30. The molecule has 0 aromatic carbocycles. The van der Waals surface area contributed by atoms with E-state index in [1.165, 1.54) is 0 Å². The highest BCUT2D eigenvalue weighted by Gasteiger charge is 2.46. The average molecular weight is 270 g/mol. The van der Waals surface area contributed by atoms with Crippen molar-refractivity contribution in [3.63, 3.8) is 0 Å². The minimum absolute atomic E-state index is 0.0106. The molecule has 110 valence electrons. The van der Waals surface area contributed by atoms with Crippen molar-refractivity contribution in [2.45, 2.75) is 58.7 Å². The Kier molecular flexibility index (Phi) is 4.96. The minimum atomic E-state index is -0.489. The third-order valence-electron chi connectivity index (χ3n) is 3.62. The van der Waals surface area contributed by atoms with Crippen LogP contribution in [0.3, 0.4) is 0 Å². The van der Waals surface area contributed by atoms with E-state index in [-0.39, 0.29) is 17.7 Å². The molecule has 1 rings (SSSR count). The van der Waals surface area contributed by atoms with E-state index in [0.29, 0.717) is 13.0 Å². The number of hydrogen-bond donors (Lipinski definition) is 1. The Balaban J connectivity index is 3.12. The summed E-state index contributed by atoms with van der Waals surface area (Å²) in [6, 6.07) is -0.848. The molecule has 0 spiro atoms. The van der Waals surface area contributed by atoms with Crippen LogP contribution in [-0.4, -0.2) is 48.1 Å². The molecular weight excluding hydrogens is 244 g/mol. The molecule has 19 heavy (non-hydrogen) atoms. The van der Waals surface area contributed by atoms with Gasteiger partial charge < -0.3 is 15.0 Å². The highest BCUT2D eigenvalue weighted by molar-refractivity contribution is 5.97. The lowest BCUT2D eigenvalue weighted by atomic mass is 9.91. The van der Waals surface area contributed by atoms with Crippen LogP contribution in [0.15, 0.2) is 0 Å². The molecule has 0 aliphatic carbocycles. The van der Waals surface area contributed by atoms with Gasteiger partial charge in [0.1, 0.15) is 12.1 Å². The number of hydrogen-bond acceptors (Lipinski definition) is 3. The van der Waals surface area contributed by atoms with Crippen LogP contribution >= 0.6 is 0 Å². The fourth-order valence-electron chi connectivity index (χ4n) is 2.69. The Hall–Kier alpha value is -1.10. The molecule has 0 aromatic heterocycles. The summed E-state index contributed by atoms with van der Waals surface area (Å²) < 4.78 is 5.21. The van der Waals surface area contributed by atoms with Gasteiger partial charge in [-0.15, -0.1) is 0 Å². The summed E-state index contributed by atoms with van der Waals surface area (Å²) in [5.41, 5.74) is -0.489.